The fourth-order valence-corrected chi connectivity index (χ4v) is 4.41. The largest absolute Gasteiger partial charge is 0.495 e. The second-order valence-electron chi connectivity index (χ2n) is 9.75. The number of amides is 2. The summed E-state index contributed by atoms with van der Waals surface area (Å²) in [5, 5.41) is 2.63. The molecule has 212 valence electrons. The molecule has 0 spiro atoms. The van der Waals surface area contributed by atoms with Gasteiger partial charge in [0.25, 0.3) is 5.91 Å². The van der Waals surface area contributed by atoms with Crippen molar-refractivity contribution in [2.75, 3.05) is 44.8 Å². The Hall–Kier alpha value is -3.63. The number of methoxy groups -OCH3 is 1. The number of para-hydroxylation sites is 2. The van der Waals surface area contributed by atoms with E-state index in [1.54, 1.807) is 18.9 Å². The number of nitrogens with one attached hydrogen (secondary N) is 2. The van der Waals surface area contributed by atoms with Gasteiger partial charge in [-0.15, -0.1) is 0 Å². The normalized spacial score (nSPS) is 15.0. The average molecular weight is 541 g/mol. The Morgan fingerprint density at radius 2 is 1.62 bits per heavy atom. The lowest BCUT2D eigenvalue weighted by molar-refractivity contribution is -0.155. The lowest BCUT2D eigenvalue weighted by Crippen LogP contribution is -2.60. The molecule has 1 heterocycles. The van der Waals surface area contributed by atoms with E-state index in [1.165, 1.54) is 0 Å². The number of ether oxygens (including phenoxy) is 2. The van der Waals surface area contributed by atoms with E-state index in [1.807, 2.05) is 68.4 Å². The number of carbonyl (C=O) groups is 3. The van der Waals surface area contributed by atoms with E-state index >= 15 is 0 Å². The van der Waals surface area contributed by atoms with Gasteiger partial charge in [0.2, 0.25) is 11.9 Å². The van der Waals surface area contributed by atoms with Gasteiger partial charge in [-0.25, -0.2) is 4.79 Å². The Kier molecular flexibility index (Phi) is 11.6. The minimum atomic E-state index is -1.44. The summed E-state index contributed by atoms with van der Waals surface area (Å²) >= 11 is 0. The Balaban J connectivity index is 1.65. The summed E-state index contributed by atoms with van der Waals surface area (Å²) < 4.78 is 10.6. The highest BCUT2D eigenvalue weighted by Crippen LogP contribution is 2.28. The quantitative estimate of drug-likeness (QED) is 0.227. The molecule has 10 nitrogen and oxygen atoms in total. The van der Waals surface area contributed by atoms with Gasteiger partial charge in [-0.1, -0.05) is 56.3 Å². The van der Waals surface area contributed by atoms with Gasteiger partial charge < -0.3 is 24.6 Å². The number of carbonyl (C=O) groups excluding carboxylic acids is 3. The van der Waals surface area contributed by atoms with Crippen LogP contribution in [0.25, 0.3) is 0 Å². The van der Waals surface area contributed by atoms with Crippen molar-refractivity contribution < 1.29 is 28.7 Å². The molecule has 39 heavy (non-hydrogen) atoms. The van der Waals surface area contributed by atoms with Crippen molar-refractivity contribution in [3.05, 3.63) is 60.2 Å². The van der Waals surface area contributed by atoms with Crippen LogP contribution in [0.5, 0.6) is 5.75 Å². The molecule has 1 unspecified atom stereocenters. The van der Waals surface area contributed by atoms with Crippen molar-refractivity contribution in [2.24, 2.45) is 5.92 Å². The van der Waals surface area contributed by atoms with Crippen molar-refractivity contribution in [1.82, 2.24) is 15.7 Å². The molecule has 3 rings (SSSR count). The van der Waals surface area contributed by atoms with Crippen LogP contribution in [0.15, 0.2) is 54.6 Å². The van der Waals surface area contributed by atoms with Gasteiger partial charge in [0.05, 0.1) is 26.0 Å². The molecule has 0 radical (unpaired) electrons. The Bertz CT molecular complexity index is 1070. The fraction of sp³-hybridized carbons (Fsp3) is 0.483. The molecule has 0 aromatic heterocycles. The van der Waals surface area contributed by atoms with Gasteiger partial charge in [-0.3, -0.25) is 14.4 Å². The number of esters is 1. The second kappa shape index (κ2) is 15.1. The molecule has 2 atom stereocenters. The minimum Gasteiger partial charge on any atom is -0.495 e. The second-order valence-corrected chi connectivity index (χ2v) is 9.75. The fourth-order valence-electron chi connectivity index (χ4n) is 4.41. The van der Waals surface area contributed by atoms with Crippen molar-refractivity contribution in [3.8, 4) is 5.75 Å². The Labute approximate surface area is 230 Å². The van der Waals surface area contributed by atoms with Gasteiger partial charge in [-0.2, -0.15) is 5.48 Å². The highest BCUT2D eigenvalue weighted by atomic mass is 16.6. The van der Waals surface area contributed by atoms with Crippen LogP contribution in [-0.4, -0.2) is 74.7 Å². The molecule has 1 aliphatic heterocycles. The van der Waals surface area contributed by atoms with Gasteiger partial charge in [0.1, 0.15) is 11.8 Å². The molecular formula is C29H40N4O6. The predicted octanol–water partition coefficient (Wildman–Crippen LogP) is 2.53. The van der Waals surface area contributed by atoms with Crippen molar-refractivity contribution in [3.63, 3.8) is 0 Å². The van der Waals surface area contributed by atoms with Crippen LogP contribution < -0.4 is 20.4 Å². The van der Waals surface area contributed by atoms with Gasteiger partial charge in [-0.05, 0) is 37.0 Å². The summed E-state index contributed by atoms with van der Waals surface area (Å²) in [5.74, 6) is -0.859. The molecule has 2 N–H and O–H groups in total. The summed E-state index contributed by atoms with van der Waals surface area (Å²) in [6.45, 7) is 7.86. The molecule has 2 aromatic rings. The zero-order chi connectivity index (χ0) is 28.2. The summed E-state index contributed by atoms with van der Waals surface area (Å²) in [6.07, 6.45) is 0.446. The summed E-state index contributed by atoms with van der Waals surface area (Å²) in [6, 6.07) is 15.1. The Morgan fingerprint density at radius 1 is 0.949 bits per heavy atom. The maximum atomic E-state index is 13.5. The first-order valence-corrected chi connectivity index (χ1v) is 13.4. The van der Waals surface area contributed by atoms with E-state index in [0.29, 0.717) is 32.6 Å². The van der Waals surface area contributed by atoms with Crippen LogP contribution in [0, 0.1) is 5.92 Å². The van der Waals surface area contributed by atoms with E-state index in [-0.39, 0.29) is 19.1 Å². The van der Waals surface area contributed by atoms with E-state index in [2.05, 4.69) is 15.7 Å². The topological polar surface area (TPSA) is 109 Å². The number of piperazine rings is 1. The highest BCUT2D eigenvalue weighted by molar-refractivity contribution is 6.05. The maximum Gasteiger partial charge on any atom is 0.338 e. The summed E-state index contributed by atoms with van der Waals surface area (Å²) in [4.78, 5) is 48.9. The molecule has 1 aliphatic rings. The molecule has 10 heteroatoms. The number of hydrogen-bond acceptors (Lipinski definition) is 8. The first-order chi connectivity index (χ1) is 18.8. The summed E-state index contributed by atoms with van der Waals surface area (Å²) in [7, 11) is 1.62. The van der Waals surface area contributed by atoms with E-state index in [9.17, 15) is 14.4 Å². The molecule has 1 fully saturated rings. The smallest absolute Gasteiger partial charge is 0.338 e. The standard InChI is InChI=1S/C29H40N4O6/c1-5-38-29(36)26(28(35)33-17-15-32(16-18-33)24-13-9-10-14-25(24)37-4)30-27(34)23(19-21(2)3)31-39-20-22-11-7-6-8-12-22/h6-14,21,23,26,31H,5,15-20H2,1-4H3,(H,30,34)/t23-,26?/m0/s1. The third-order valence-electron chi connectivity index (χ3n) is 6.40. The first-order valence-electron chi connectivity index (χ1n) is 13.4. The van der Waals surface area contributed by atoms with Gasteiger partial charge in [0, 0.05) is 26.2 Å². The van der Waals surface area contributed by atoms with E-state index < -0.39 is 29.9 Å². The SMILES string of the molecule is CCOC(=O)C(NC(=O)[C@H](CC(C)C)NOCc1ccccc1)C(=O)N1CCN(c2ccccc2OC)CC1. The number of benzene rings is 2. The molecule has 0 saturated carbocycles. The van der Waals surface area contributed by atoms with Crippen molar-refractivity contribution >= 4 is 23.5 Å². The highest BCUT2D eigenvalue weighted by Gasteiger charge is 2.36. The van der Waals surface area contributed by atoms with Crippen LogP contribution in [-0.2, 0) is 30.6 Å². The first kappa shape index (κ1) is 29.9. The maximum absolute atomic E-state index is 13.5. The molecule has 1 saturated heterocycles. The predicted molar refractivity (Wildman–Crippen MR) is 148 cm³/mol. The Morgan fingerprint density at radius 3 is 2.26 bits per heavy atom. The lowest BCUT2D eigenvalue weighted by atomic mass is 10.0. The molecule has 2 aromatic carbocycles. The van der Waals surface area contributed by atoms with Crippen LogP contribution in [0.1, 0.15) is 32.8 Å². The number of rotatable bonds is 13. The van der Waals surface area contributed by atoms with Crippen molar-refractivity contribution in [2.45, 2.75) is 45.9 Å². The van der Waals surface area contributed by atoms with E-state index in [4.69, 9.17) is 14.3 Å². The molecule has 2 amide bonds. The van der Waals surface area contributed by atoms with Gasteiger partial charge >= 0.3 is 5.97 Å². The van der Waals surface area contributed by atoms with Crippen molar-refractivity contribution in [1.29, 1.82) is 0 Å². The average Bonchev–Trinajstić information content (AvgIpc) is 2.95. The van der Waals surface area contributed by atoms with Crippen LogP contribution in [0.2, 0.25) is 0 Å². The number of hydrogen-bond donors (Lipinski definition) is 2. The third-order valence-corrected chi connectivity index (χ3v) is 6.40. The molecule has 0 aliphatic carbocycles. The molecule has 0 bridgehead atoms. The third kappa shape index (κ3) is 8.69. The van der Waals surface area contributed by atoms with Gasteiger partial charge in [0.15, 0.2) is 0 Å². The zero-order valence-corrected chi connectivity index (χ0v) is 23.2. The zero-order valence-electron chi connectivity index (χ0n) is 23.2. The van der Waals surface area contributed by atoms with E-state index in [0.717, 1.165) is 17.0 Å². The summed E-state index contributed by atoms with van der Waals surface area (Å²) in [5.41, 5.74) is 4.71. The minimum absolute atomic E-state index is 0.0912. The van der Waals surface area contributed by atoms with Crippen LogP contribution >= 0.6 is 0 Å². The number of hydroxylamine groups is 1. The number of nitrogens with zero attached hydrogens (tertiary/aromatic N) is 2. The monoisotopic (exact) mass is 540 g/mol. The number of anilines is 1. The van der Waals surface area contributed by atoms with Crippen LogP contribution in [0.3, 0.4) is 0 Å². The lowest BCUT2D eigenvalue weighted by Gasteiger charge is -2.37. The molecular weight excluding hydrogens is 500 g/mol. The van der Waals surface area contributed by atoms with Crippen LogP contribution in [0.4, 0.5) is 5.69 Å².